The molecular formula is C20H21F3N4O4. The fourth-order valence-corrected chi connectivity index (χ4v) is 2.49. The molecule has 1 aliphatic rings. The fourth-order valence-electron chi connectivity index (χ4n) is 2.49. The Morgan fingerprint density at radius 1 is 1.03 bits per heavy atom. The van der Waals surface area contributed by atoms with E-state index in [1.54, 1.807) is 18.2 Å². The van der Waals surface area contributed by atoms with E-state index < -0.39 is 35.8 Å². The first kappa shape index (κ1) is 23.5. The standard InChI is InChI=1S/C18H15F3N4O4.C2H6/c19-18(20,21)10-5-7-11(8-6-10)23-13-4-2-1-3-12(13)15(26)24-25-16(27)14-9-22-17(28)29-14;1-2/h1-8,14,23H,9H2,(H,22,28)(H,24,26)(H,25,27);1-2H3. The summed E-state index contributed by atoms with van der Waals surface area (Å²) in [6.45, 7) is 3.98. The van der Waals surface area contributed by atoms with E-state index in [9.17, 15) is 27.6 Å². The summed E-state index contributed by atoms with van der Waals surface area (Å²) in [6, 6.07) is 10.5. The number of hydrogen-bond donors (Lipinski definition) is 4. The van der Waals surface area contributed by atoms with Crippen molar-refractivity contribution in [3.63, 3.8) is 0 Å². The first-order valence-electron chi connectivity index (χ1n) is 9.32. The zero-order valence-corrected chi connectivity index (χ0v) is 16.7. The van der Waals surface area contributed by atoms with Crippen LogP contribution in [0.2, 0.25) is 0 Å². The maximum atomic E-state index is 12.7. The number of para-hydroxylation sites is 1. The average Bonchev–Trinajstić information content (AvgIpc) is 3.20. The Labute approximate surface area is 176 Å². The van der Waals surface area contributed by atoms with Crippen LogP contribution in [-0.4, -0.2) is 30.6 Å². The fraction of sp³-hybridized carbons (Fsp3) is 0.250. The zero-order chi connectivity index (χ0) is 23.0. The van der Waals surface area contributed by atoms with Gasteiger partial charge in [0.05, 0.1) is 23.4 Å². The SMILES string of the molecule is CC.O=C1NCC(C(=O)NNC(=O)c2ccccc2Nc2ccc(C(F)(F)F)cc2)O1. The normalized spacial score (nSPS) is 15.0. The summed E-state index contributed by atoms with van der Waals surface area (Å²) in [5, 5.41) is 5.16. The van der Waals surface area contributed by atoms with Gasteiger partial charge in [-0.3, -0.25) is 20.4 Å². The van der Waals surface area contributed by atoms with Gasteiger partial charge in [0.1, 0.15) is 0 Å². The van der Waals surface area contributed by atoms with Crippen LogP contribution in [0.4, 0.5) is 29.3 Å². The van der Waals surface area contributed by atoms with Gasteiger partial charge < -0.3 is 15.4 Å². The third-order valence-corrected chi connectivity index (χ3v) is 3.94. The molecule has 4 N–H and O–H groups in total. The minimum Gasteiger partial charge on any atom is -0.434 e. The maximum absolute atomic E-state index is 12.7. The van der Waals surface area contributed by atoms with Crippen LogP contribution in [0.1, 0.15) is 29.8 Å². The van der Waals surface area contributed by atoms with Crippen LogP contribution < -0.4 is 21.5 Å². The van der Waals surface area contributed by atoms with Gasteiger partial charge in [-0.15, -0.1) is 0 Å². The van der Waals surface area contributed by atoms with Crippen molar-refractivity contribution in [1.29, 1.82) is 0 Å². The molecule has 1 aliphatic heterocycles. The molecule has 0 spiro atoms. The van der Waals surface area contributed by atoms with E-state index in [1.807, 2.05) is 13.8 Å². The van der Waals surface area contributed by atoms with Crippen LogP contribution >= 0.6 is 0 Å². The van der Waals surface area contributed by atoms with Crippen LogP contribution in [0, 0.1) is 0 Å². The van der Waals surface area contributed by atoms with Crippen molar-refractivity contribution in [2.75, 3.05) is 11.9 Å². The van der Waals surface area contributed by atoms with Crippen molar-refractivity contribution in [2.24, 2.45) is 0 Å². The first-order chi connectivity index (χ1) is 14.7. The lowest BCUT2D eigenvalue weighted by Gasteiger charge is -2.14. The van der Waals surface area contributed by atoms with E-state index in [2.05, 4.69) is 21.5 Å². The van der Waals surface area contributed by atoms with E-state index >= 15 is 0 Å². The second-order valence-electron chi connectivity index (χ2n) is 5.96. The van der Waals surface area contributed by atoms with Crippen molar-refractivity contribution in [3.8, 4) is 0 Å². The molecule has 1 heterocycles. The number of carbonyl (C=O) groups is 3. The number of hydrazine groups is 1. The number of amides is 3. The number of ether oxygens (including phenoxy) is 1. The monoisotopic (exact) mass is 438 g/mol. The Morgan fingerprint density at radius 3 is 2.26 bits per heavy atom. The number of rotatable bonds is 4. The number of hydrogen-bond acceptors (Lipinski definition) is 5. The van der Waals surface area contributed by atoms with Gasteiger partial charge in [0.2, 0.25) is 6.10 Å². The molecule has 0 aliphatic carbocycles. The third kappa shape index (κ3) is 6.36. The van der Waals surface area contributed by atoms with Crippen molar-refractivity contribution >= 4 is 29.3 Å². The zero-order valence-electron chi connectivity index (χ0n) is 16.7. The van der Waals surface area contributed by atoms with Gasteiger partial charge in [-0.2, -0.15) is 13.2 Å². The Hall–Kier alpha value is -3.76. The number of anilines is 2. The van der Waals surface area contributed by atoms with Gasteiger partial charge in [0.15, 0.2) is 0 Å². The third-order valence-electron chi connectivity index (χ3n) is 3.94. The first-order valence-corrected chi connectivity index (χ1v) is 9.32. The van der Waals surface area contributed by atoms with Crippen molar-refractivity contribution in [2.45, 2.75) is 26.1 Å². The molecule has 0 saturated carbocycles. The summed E-state index contributed by atoms with van der Waals surface area (Å²) >= 11 is 0. The van der Waals surface area contributed by atoms with Crippen LogP contribution in [-0.2, 0) is 15.7 Å². The Morgan fingerprint density at radius 2 is 1.68 bits per heavy atom. The number of carbonyl (C=O) groups excluding carboxylic acids is 3. The molecule has 0 radical (unpaired) electrons. The molecule has 2 aromatic rings. The smallest absolute Gasteiger partial charge is 0.416 e. The topological polar surface area (TPSA) is 109 Å². The largest absolute Gasteiger partial charge is 0.434 e. The summed E-state index contributed by atoms with van der Waals surface area (Å²) in [5.41, 5.74) is 4.34. The van der Waals surface area contributed by atoms with Gasteiger partial charge in [0, 0.05) is 5.69 Å². The van der Waals surface area contributed by atoms with Crippen LogP contribution in [0.25, 0.3) is 0 Å². The predicted molar refractivity (Wildman–Crippen MR) is 106 cm³/mol. The summed E-state index contributed by atoms with van der Waals surface area (Å²) < 4.78 is 42.7. The number of alkyl halides is 3. The van der Waals surface area contributed by atoms with Gasteiger partial charge in [-0.25, -0.2) is 4.79 Å². The van der Waals surface area contributed by atoms with E-state index in [1.165, 1.54) is 18.2 Å². The molecule has 31 heavy (non-hydrogen) atoms. The molecule has 1 unspecified atom stereocenters. The van der Waals surface area contributed by atoms with Crippen molar-refractivity contribution in [1.82, 2.24) is 16.2 Å². The van der Waals surface area contributed by atoms with Crippen molar-refractivity contribution in [3.05, 3.63) is 59.7 Å². The van der Waals surface area contributed by atoms with Gasteiger partial charge in [-0.05, 0) is 36.4 Å². The van der Waals surface area contributed by atoms with E-state index in [-0.39, 0.29) is 12.1 Å². The Balaban J connectivity index is 0.00000166. The maximum Gasteiger partial charge on any atom is 0.416 e. The molecule has 166 valence electrons. The minimum absolute atomic E-state index is 0.0212. The second kappa shape index (κ2) is 10.3. The Bertz CT molecular complexity index is 933. The lowest BCUT2D eigenvalue weighted by molar-refractivity contribution is -0.137. The van der Waals surface area contributed by atoms with Gasteiger partial charge in [-0.1, -0.05) is 26.0 Å². The van der Waals surface area contributed by atoms with Gasteiger partial charge >= 0.3 is 12.3 Å². The summed E-state index contributed by atoms with van der Waals surface area (Å²) in [4.78, 5) is 35.2. The molecule has 8 nitrogen and oxygen atoms in total. The highest BCUT2D eigenvalue weighted by Crippen LogP contribution is 2.30. The van der Waals surface area contributed by atoms with Crippen molar-refractivity contribution < 1.29 is 32.3 Å². The van der Waals surface area contributed by atoms with Crippen LogP contribution in [0.3, 0.4) is 0 Å². The van der Waals surface area contributed by atoms with E-state index in [4.69, 9.17) is 4.74 Å². The molecule has 1 atom stereocenters. The quantitative estimate of drug-likeness (QED) is 0.548. The lowest BCUT2D eigenvalue weighted by Crippen LogP contribution is -2.47. The second-order valence-corrected chi connectivity index (χ2v) is 5.96. The number of nitrogens with one attached hydrogen (secondary N) is 4. The number of cyclic esters (lactones) is 1. The average molecular weight is 438 g/mol. The summed E-state index contributed by atoms with van der Waals surface area (Å²) in [5.74, 6) is -1.39. The molecule has 1 fully saturated rings. The van der Waals surface area contributed by atoms with Crippen LogP contribution in [0.5, 0.6) is 0 Å². The molecule has 3 rings (SSSR count). The van der Waals surface area contributed by atoms with E-state index in [0.717, 1.165) is 12.1 Å². The number of benzene rings is 2. The molecule has 2 aromatic carbocycles. The molecule has 1 saturated heterocycles. The lowest BCUT2D eigenvalue weighted by atomic mass is 10.1. The highest BCUT2D eigenvalue weighted by atomic mass is 19.4. The highest BCUT2D eigenvalue weighted by molar-refractivity contribution is 6.01. The molecule has 0 aromatic heterocycles. The Kier molecular flexibility index (Phi) is 7.83. The van der Waals surface area contributed by atoms with E-state index in [0.29, 0.717) is 11.4 Å². The number of alkyl carbamates (subject to hydrolysis) is 1. The van der Waals surface area contributed by atoms with Crippen LogP contribution in [0.15, 0.2) is 48.5 Å². The molecule has 3 amide bonds. The van der Waals surface area contributed by atoms with Gasteiger partial charge in [0.25, 0.3) is 11.8 Å². The highest BCUT2D eigenvalue weighted by Gasteiger charge is 2.30. The molecular weight excluding hydrogens is 417 g/mol. The minimum atomic E-state index is -4.45. The molecule has 0 bridgehead atoms. The predicted octanol–water partition coefficient (Wildman–Crippen LogP) is 3.34. The summed E-state index contributed by atoms with van der Waals surface area (Å²) in [6.07, 6.45) is -6.25. The summed E-state index contributed by atoms with van der Waals surface area (Å²) in [7, 11) is 0. The molecule has 11 heteroatoms. The number of halogens is 3.